The van der Waals surface area contributed by atoms with E-state index < -0.39 is 5.60 Å². The summed E-state index contributed by atoms with van der Waals surface area (Å²) in [7, 11) is 2.15. The molecule has 0 saturated carbocycles. The van der Waals surface area contributed by atoms with Crippen molar-refractivity contribution in [2.24, 2.45) is 0 Å². The largest absolute Gasteiger partial charge is 0.379 e. The predicted octanol–water partition coefficient (Wildman–Crippen LogP) is 4.70. The van der Waals surface area contributed by atoms with Crippen LogP contribution in [0.25, 0.3) is 11.1 Å². The minimum atomic E-state index is -1.16. The maximum atomic E-state index is 11.8. The molecule has 4 aromatic carbocycles. The maximum Gasteiger partial charge on any atom is 0.139 e. The highest BCUT2D eigenvalue weighted by atomic mass is 16.3. The summed E-state index contributed by atoms with van der Waals surface area (Å²) in [6.07, 6.45) is 0.348. The zero-order chi connectivity index (χ0) is 22.9. The Kier molecular flexibility index (Phi) is 7.37. The second kappa shape index (κ2) is 10.8. The molecule has 0 aliphatic heterocycles. The van der Waals surface area contributed by atoms with Crippen LogP contribution in [0.1, 0.15) is 23.1 Å². The molecule has 0 amide bonds. The first kappa shape index (κ1) is 22.6. The van der Waals surface area contributed by atoms with Crippen molar-refractivity contribution in [3.8, 4) is 23.0 Å². The summed E-state index contributed by atoms with van der Waals surface area (Å²) in [5.41, 5.74) is 4.15. The van der Waals surface area contributed by atoms with E-state index in [4.69, 9.17) is 0 Å². The van der Waals surface area contributed by atoms with E-state index in [-0.39, 0.29) is 0 Å². The highest BCUT2D eigenvalue weighted by Gasteiger charge is 2.30. The Hall–Kier alpha value is -3.64. The molecule has 2 N–H and O–H groups in total. The van der Waals surface area contributed by atoms with Crippen LogP contribution < -0.4 is 4.90 Å². The van der Waals surface area contributed by atoms with E-state index in [1.807, 2.05) is 66.7 Å². The van der Waals surface area contributed by atoms with Crippen LogP contribution in [0.2, 0.25) is 0 Å². The topological polar surface area (TPSA) is 24.7 Å². The minimum absolute atomic E-state index is 0.348. The quantitative estimate of drug-likeness (QED) is 0.407. The third-order valence-corrected chi connectivity index (χ3v) is 5.93. The molecule has 2 heteroatoms. The van der Waals surface area contributed by atoms with Gasteiger partial charge in [0.1, 0.15) is 18.7 Å². The van der Waals surface area contributed by atoms with Gasteiger partial charge in [0.05, 0.1) is 7.05 Å². The van der Waals surface area contributed by atoms with Crippen LogP contribution in [0.3, 0.4) is 0 Å². The van der Waals surface area contributed by atoms with Crippen molar-refractivity contribution in [3.63, 3.8) is 0 Å². The molecular weight excluding hydrogens is 402 g/mol. The molecule has 2 nitrogen and oxygen atoms in total. The summed E-state index contributed by atoms with van der Waals surface area (Å²) in [4.78, 5) is 1.32. The first-order valence-corrected chi connectivity index (χ1v) is 11.4. The average Bonchev–Trinajstić information content (AvgIpc) is 2.88. The lowest BCUT2D eigenvalue weighted by atomic mass is 9.83. The molecule has 0 saturated heterocycles. The maximum absolute atomic E-state index is 11.8. The molecule has 0 fully saturated rings. The fourth-order valence-corrected chi connectivity index (χ4v) is 4.06. The number of aliphatic hydroxyl groups is 1. The van der Waals surface area contributed by atoms with Crippen molar-refractivity contribution in [1.82, 2.24) is 0 Å². The Bertz CT molecular complexity index is 1190. The van der Waals surface area contributed by atoms with E-state index in [2.05, 4.69) is 67.4 Å². The zero-order valence-corrected chi connectivity index (χ0v) is 19.0. The Morgan fingerprint density at radius 3 is 1.79 bits per heavy atom. The molecule has 33 heavy (non-hydrogen) atoms. The molecule has 4 rings (SSSR count). The van der Waals surface area contributed by atoms with Crippen molar-refractivity contribution >= 4 is 0 Å². The fraction of sp³-hybridized carbons (Fsp3) is 0.161. The molecule has 0 heterocycles. The predicted molar refractivity (Wildman–Crippen MR) is 136 cm³/mol. The zero-order valence-electron chi connectivity index (χ0n) is 19.0. The van der Waals surface area contributed by atoms with Gasteiger partial charge in [-0.3, -0.25) is 0 Å². The number of hydrogen-bond acceptors (Lipinski definition) is 1. The van der Waals surface area contributed by atoms with Crippen LogP contribution in [0.4, 0.5) is 0 Å². The summed E-state index contributed by atoms with van der Waals surface area (Å²) in [5, 5.41) is 11.8. The van der Waals surface area contributed by atoms with Crippen molar-refractivity contribution in [2.75, 3.05) is 13.6 Å². The number of benzene rings is 4. The van der Waals surface area contributed by atoms with E-state index >= 15 is 0 Å². The third-order valence-electron chi connectivity index (χ3n) is 5.93. The van der Waals surface area contributed by atoms with E-state index in [0.29, 0.717) is 6.42 Å². The molecule has 1 unspecified atom stereocenters. The summed E-state index contributed by atoms with van der Waals surface area (Å²) in [5.74, 6) is 6.56. The van der Waals surface area contributed by atoms with Gasteiger partial charge in [-0.1, -0.05) is 121 Å². The van der Waals surface area contributed by atoms with Crippen molar-refractivity contribution in [2.45, 2.75) is 18.6 Å². The lowest BCUT2D eigenvalue weighted by Gasteiger charge is -2.27. The van der Waals surface area contributed by atoms with Crippen LogP contribution in [0.5, 0.6) is 0 Å². The van der Waals surface area contributed by atoms with Gasteiger partial charge in [-0.15, -0.1) is 0 Å². The van der Waals surface area contributed by atoms with E-state index in [9.17, 15) is 5.11 Å². The number of nitrogens with one attached hydrogen (secondary N) is 1. The number of hydrogen-bond donors (Lipinski definition) is 2. The molecule has 0 aromatic heterocycles. The van der Waals surface area contributed by atoms with Gasteiger partial charge in [0.25, 0.3) is 0 Å². The van der Waals surface area contributed by atoms with Gasteiger partial charge in [-0.2, -0.15) is 0 Å². The molecule has 2 atom stereocenters. The van der Waals surface area contributed by atoms with Crippen molar-refractivity contribution in [3.05, 3.63) is 132 Å². The second-order valence-corrected chi connectivity index (χ2v) is 8.50. The lowest BCUT2D eigenvalue weighted by Crippen LogP contribution is -3.07. The molecule has 4 aromatic rings. The Morgan fingerprint density at radius 2 is 1.15 bits per heavy atom. The molecule has 0 radical (unpaired) electrons. The van der Waals surface area contributed by atoms with E-state index in [0.717, 1.165) is 35.3 Å². The van der Waals surface area contributed by atoms with Gasteiger partial charge >= 0.3 is 0 Å². The van der Waals surface area contributed by atoms with Crippen LogP contribution in [-0.4, -0.2) is 18.7 Å². The lowest BCUT2D eigenvalue weighted by molar-refractivity contribution is -0.886. The smallest absolute Gasteiger partial charge is 0.139 e. The van der Waals surface area contributed by atoms with Gasteiger partial charge in [0.2, 0.25) is 0 Å². The molecule has 0 bridgehead atoms. The van der Waals surface area contributed by atoms with E-state index in [1.54, 1.807) is 0 Å². The van der Waals surface area contributed by atoms with Gasteiger partial charge in [-0.05, 0) is 28.2 Å². The molecule has 164 valence electrons. The van der Waals surface area contributed by atoms with Gasteiger partial charge in [0.15, 0.2) is 0 Å². The fourth-order valence-electron chi connectivity index (χ4n) is 4.06. The highest BCUT2D eigenvalue weighted by molar-refractivity contribution is 5.64. The monoisotopic (exact) mass is 432 g/mol. The third kappa shape index (κ3) is 5.79. The second-order valence-electron chi connectivity index (χ2n) is 8.50. The number of rotatable bonds is 7. The first-order valence-electron chi connectivity index (χ1n) is 11.4. The molecule has 0 spiro atoms. The van der Waals surface area contributed by atoms with Crippen LogP contribution in [0, 0.1) is 11.8 Å². The minimum Gasteiger partial charge on any atom is -0.379 e. The van der Waals surface area contributed by atoms with Gasteiger partial charge in [-0.25, -0.2) is 0 Å². The molecule has 0 aliphatic carbocycles. The summed E-state index contributed by atoms with van der Waals surface area (Å²) in [6.45, 7) is 1.66. The Morgan fingerprint density at radius 1 is 0.636 bits per heavy atom. The molecule has 0 aliphatic rings. The highest BCUT2D eigenvalue weighted by Crippen LogP contribution is 2.34. The van der Waals surface area contributed by atoms with Crippen LogP contribution >= 0.6 is 0 Å². The van der Waals surface area contributed by atoms with Crippen LogP contribution in [-0.2, 0) is 12.1 Å². The Labute approximate surface area is 197 Å². The first-order chi connectivity index (χ1) is 16.1. The normalized spacial score (nSPS) is 13.4. The van der Waals surface area contributed by atoms with Gasteiger partial charge in [0, 0.05) is 12.0 Å². The summed E-state index contributed by atoms with van der Waals surface area (Å²) >= 11 is 0. The molecular formula is C31H30NO+. The number of quaternary nitrogens is 1. The average molecular weight is 433 g/mol. The summed E-state index contributed by atoms with van der Waals surface area (Å²) < 4.78 is 0. The SMILES string of the molecule is C[NH+](CC#CC[C@](O)(c1ccccc1)c1ccc(-c2ccccc2)cc1)Cc1ccccc1. The van der Waals surface area contributed by atoms with Crippen LogP contribution in [0.15, 0.2) is 115 Å². The van der Waals surface area contributed by atoms with E-state index in [1.165, 1.54) is 10.5 Å². The van der Waals surface area contributed by atoms with Crippen molar-refractivity contribution in [1.29, 1.82) is 0 Å². The Balaban J connectivity index is 1.52. The van der Waals surface area contributed by atoms with Gasteiger partial charge < -0.3 is 10.0 Å². The standard InChI is InChI=1S/C31H29NO/c1-32(25-26-13-5-2-6-14-26)24-12-11-23-31(33,29-17-9-4-10-18-29)30-21-19-28(20-22-30)27-15-7-3-8-16-27/h2-10,13-22,33H,23-25H2,1H3/p+1/t31-/m0/s1. The van der Waals surface area contributed by atoms with Crippen molar-refractivity contribution < 1.29 is 10.0 Å². The summed E-state index contributed by atoms with van der Waals surface area (Å²) in [6, 6.07) is 38.8.